The lowest BCUT2D eigenvalue weighted by molar-refractivity contribution is -0.317. The van der Waals surface area contributed by atoms with Crippen LogP contribution in [0.1, 0.15) is 89.5 Å². The van der Waals surface area contributed by atoms with Crippen molar-refractivity contribution in [2.75, 3.05) is 5.32 Å². The fourth-order valence-electron chi connectivity index (χ4n) is 6.13. The molecule has 2 heterocycles. The number of amides is 1. The number of carbonyl (C=O) groups excluding carboxylic acids is 2. The minimum absolute atomic E-state index is 0.0393. The predicted molar refractivity (Wildman–Crippen MR) is 178 cm³/mol. The van der Waals surface area contributed by atoms with Crippen molar-refractivity contribution >= 4 is 17.6 Å². The van der Waals surface area contributed by atoms with Crippen LogP contribution in [0.5, 0.6) is 0 Å². The molecule has 1 saturated heterocycles. The van der Waals surface area contributed by atoms with Crippen molar-refractivity contribution in [3.8, 4) is 22.4 Å². The first-order valence-corrected chi connectivity index (χ1v) is 15.8. The van der Waals surface area contributed by atoms with E-state index in [0.717, 1.165) is 16.8 Å². The van der Waals surface area contributed by atoms with Gasteiger partial charge in [0.15, 0.2) is 5.79 Å². The van der Waals surface area contributed by atoms with Crippen LogP contribution in [0.4, 0.5) is 10.1 Å². The summed E-state index contributed by atoms with van der Waals surface area (Å²) in [4.78, 5) is 27.4. The third-order valence-electron chi connectivity index (χ3n) is 7.67. The Hall–Kier alpha value is -4.27. The van der Waals surface area contributed by atoms with Gasteiger partial charge in [-0.05, 0) is 88.1 Å². The second-order valence-corrected chi connectivity index (χ2v) is 13.4. The lowest BCUT2D eigenvalue weighted by Crippen LogP contribution is -2.44. The third-order valence-corrected chi connectivity index (χ3v) is 7.67. The highest BCUT2D eigenvalue weighted by atomic mass is 19.1. The van der Waals surface area contributed by atoms with E-state index < -0.39 is 23.7 Å². The van der Waals surface area contributed by atoms with E-state index in [1.807, 2.05) is 109 Å². The van der Waals surface area contributed by atoms with E-state index in [9.17, 15) is 14.0 Å². The molecule has 7 nitrogen and oxygen atoms in total. The molecular formula is C38H43FN2O5. The molecule has 242 valence electrons. The van der Waals surface area contributed by atoms with Crippen molar-refractivity contribution < 1.29 is 28.2 Å². The Morgan fingerprint density at radius 2 is 1.54 bits per heavy atom. The number of anilines is 1. The van der Waals surface area contributed by atoms with E-state index in [2.05, 4.69) is 9.88 Å². The van der Waals surface area contributed by atoms with Gasteiger partial charge in [-0.15, -0.1) is 0 Å². The molecule has 0 saturated carbocycles. The number of hydrogen-bond acceptors (Lipinski definition) is 5. The van der Waals surface area contributed by atoms with Crippen LogP contribution in [0.2, 0.25) is 0 Å². The Morgan fingerprint density at radius 1 is 0.935 bits per heavy atom. The third kappa shape index (κ3) is 7.57. The van der Waals surface area contributed by atoms with Crippen molar-refractivity contribution in [2.45, 2.75) is 90.9 Å². The molecule has 0 spiro atoms. The number of nitrogens with zero attached hydrogens (tertiary/aromatic N) is 1. The van der Waals surface area contributed by atoms with Crippen LogP contribution in [0.3, 0.4) is 0 Å². The normalized spacial score (nSPS) is 17.9. The number of rotatable bonds is 8. The molecule has 1 aromatic heterocycles. The first kappa shape index (κ1) is 33.1. The van der Waals surface area contributed by atoms with Gasteiger partial charge in [-0.1, -0.05) is 62.4 Å². The second kappa shape index (κ2) is 13.2. The van der Waals surface area contributed by atoms with Crippen LogP contribution in [-0.2, 0) is 19.0 Å². The molecule has 1 fully saturated rings. The van der Waals surface area contributed by atoms with Gasteiger partial charge in [-0.2, -0.15) is 0 Å². The van der Waals surface area contributed by atoms with Crippen molar-refractivity contribution in [1.29, 1.82) is 0 Å². The maximum absolute atomic E-state index is 14.4. The van der Waals surface area contributed by atoms with E-state index >= 15 is 0 Å². The SMILES string of the molecule is CC(C)c1c(C(=O)Nc2ccccc2)c(-c2ccccc2)c(-c2ccc(F)cc2)n1[C@H]1C[C@H](CC(=O)OC(C)(C)C)OC(C)(C)O1. The monoisotopic (exact) mass is 626 g/mol. The van der Waals surface area contributed by atoms with Crippen LogP contribution in [0, 0.1) is 5.82 Å². The first-order chi connectivity index (χ1) is 21.7. The number of para-hydroxylation sites is 1. The van der Waals surface area contributed by atoms with Gasteiger partial charge >= 0.3 is 5.97 Å². The van der Waals surface area contributed by atoms with Crippen LogP contribution in [-0.4, -0.2) is 33.9 Å². The average molecular weight is 627 g/mol. The smallest absolute Gasteiger partial charge is 0.308 e. The summed E-state index contributed by atoms with van der Waals surface area (Å²) in [7, 11) is 0. The minimum atomic E-state index is -1.06. The Bertz CT molecular complexity index is 1670. The number of nitrogens with one attached hydrogen (secondary N) is 1. The van der Waals surface area contributed by atoms with Crippen molar-refractivity contribution in [2.24, 2.45) is 0 Å². The number of ether oxygens (including phenoxy) is 3. The molecule has 4 aromatic rings. The summed E-state index contributed by atoms with van der Waals surface area (Å²) in [6.07, 6.45) is -0.792. The van der Waals surface area contributed by atoms with Crippen molar-refractivity contribution in [1.82, 2.24) is 4.57 Å². The molecule has 0 aliphatic carbocycles. The van der Waals surface area contributed by atoms with Crippen LogP contribution in [0.15, 0.2) is 84.9 Å². The summed E-state index contributed by atoms with van der Waals surface area (Å²) in [5.74, 6) is -2.19. The average Bonchev–Trinajstić information content (AvgIpc) is 3.33. The zero-order chi connectivity index (χ0) is 33.2. The van der Waals surface area contributed by atoms with Gasteiger partial charge < -0.3 is 24.1 Å². The molecule has 3 aromatic carbocycles. The molecule has 0 bridgehead atoms. The fourth-order valence-corrected chi connectivity index (χ4v) is 6.13. The summed E-state index contributed by atoms with van der Waals surface area (Å²) in [6.45, 7) is 13.2. The van der Waals surface area contributed by atoms with Gasteiger partial charge in [-0.3, -0.25) is 9.59 Å². The van der Waals surface area contributed by atoms with Crippen molar-refractivity contribution in [3.63, 3.8) is 0 Å². The topological polar surface area (TPSA) is 78.8 Å². The molecule has 1 aliphatic heterocycles. The van der Waals surface area contributed by atoms with Gasteiger partial charge in [0.05, 0.1) is 23.8 Å². The molecule has 1 amide bonds. The van der Waals surface area contributed by atoms with Gasteiger partial charge in [0.25, 0.3) is 5.91 Å². The Kier molecular flexibility index (Phi) is 9.52. The number of hydrogen-bond donors (Lipinski definition) is 1. The highest BCUT2D eigenvalue weighted by molar-refractivity contribution is 6.12. The first-order valence-electron chi connectivity index (χ1n) is 15.8. The predicted octanol–water partition coefficient (Wildman–Crippen LogP) is 9.11. The van der Waals surface area contributed by atoms with Gasteiger partial charge in [0.2, 0.25) is 0 Å². The molecule has 0 unspecified atom stereocenters. The molecule has 46 heavy (non-hydrogen) atoms. The maximum Gasteiger partial charge on any atom is 0.308 e. The second-order valence-electron chi connectivity index (χ2n) is 13.4. The van der Waals surface area contributed by atoms with Crippen LogP contribution < -0.4 is 5.32 Å². The van der Waals surface area contributed by atoms with E-state index in [4.69, 9.17) is 14.2 Å². The number of aromatic nitrogens is 1. The number of esters is 1. The molecule has 2 atom stereocenters. The van der Waals surface area contributed by atoms with E-state index in [-0.39, 0.29) is 30.0 Å². The lowest BCUT2D eigenvalue weighted by Gasteiger charge is -2.42. The van der Waals surface area contributed by atoms with E-state index in [1.54, 1.807) is 12.1 Å². The van der Waals surface area contributed by atoms with Crippen molar-refractivity contribution in [3.05, 3.63) is 102 Å². The molecule has 1 aliphatic rings. The Balaban J connectivity index is 1.75. The van der Waals surface area contributed by atoms with Gasteiger partial charge in [0, 0.05) is 23.4 Å². The Morgan fingerprint density at radius 3 is 2.13 bits per heavy atom. The maximum atomic E-state index is 14.4. The molecule has 5 rings (SSSR count). The van der Waals surface area contributed by atoms with E-state index in [1.165, 1.54) is 12.1 Å². The molecule has 0 radical (unpaired) electrons. The number of benzene rings is 3. The summed E-state index contributed by atoms with van der Waals surface area (Å²) >= 11 is 0. The number of carbonyl (C=O) groups is 2. The zero-order valence-electron chi connectivity index (χ0n) is 27.6. The van der Waals surface area contributed by atoms with E-state index in [0.29, 0.717) is 28.9 Å². The largest absolute Gasteiger partial charge is 0.460 e. The lowest BCUT2D eigenvalue weighted by atomic mass is 9.94. The summed E-state index contributed by atoms with van der Waals surface area (Å²) < 4.78 is 34.9. The Labute approximate surface area is 270 Å². The van der Waals surface area contributed by atoms with Crippen LogP contribution >= 0.6 is 0 Å². The highest BCUT2D eigenvalue weighted by Gasteiger charge is 2.42. The fraction of sp³-hybridized carbons (Fsp3) is 0.368. The molecular weight excluding hydrogens is 583 g/mol. The van der Waals surface area contributed by atoms with Crippen LogP contribution in [0.25, 0.3) is 22.4 Å². The zero-order valence-corrected chi connectivity index (χ0v) is 27.6. The summed E-state index contributed by atoms with van der Waals surface area (Å²) in [6, 6.07) is 25.3. The minimum Gasteiger partial charge on any atom is -0.460 e. The van der Waals surface area contributed by atoms with Gasteiger partial charge in [-0.25, -0.2) is 4.39 Å². The quantitative estimate of drug-likeness (QED) is 0.197. The standard InChI is InChI=1S/C38H43FN2O5/c1-24(2)34-33(36(43)40-28-16-12-9-13-17-28)32(25-14-10-8-11-15-25)35(26-18-20-27(39)21-19-26)41(34)30-22-29(44-38(6,7)45-30)23-31(42)46-37(3,4)5/h8-21,24,29-30H,22-23H2,1-7H3,(H,40,43)/t29-,30-/m1/s1. The summed E-state index contributed by atoms with van der Waals surface area (Å²) in [5, 5.41) is 3.10. The molecule has 8 heteroatoms. The number of halogens is 1. The van der Waals surface area contributed by atoms with Gasteiger partial charge in [0.1, 0.15) is 17.6 Å². The highest BCUT2D eigenvalue weighted by Crippen LogP contribution is 2.47. The molecule has 1 N–H and O–H groups in total. The summed E-state index contributed by atoms with van der Waals surface area (Å²) in [5.41, 5.74) is 4.26.